The lowest BCUT2D eigenvalue weighted by atomic mass is 10.1. The minimum atomic E-state index is 0.601. The van der Waals surface area contributed by atoms with E-state index in [1.165, 1.54) is 0 Å². The van der Waals surface area contributed by atoms with Crippen molar-refractivity contribution in [2.45, 2.75) is 6.92 Å². The van der Waals surface area contributed by atoms with E-state index in [1.807, 2.05) is 29.7 Å². The van der Waals surface area contributed by atoms with E-state index in [2.05, 4.69) is 16.2 Å². The Morgan fingerprint density at radius 3 is 2.86 bits per heavy atom. The molecule has 108 valence electrons. The van der Waals surface area contributed by atoms with Crippen molar-refractivity contribution in [3.63, 3.8) is 0 Å². The lowest BCUT2D eigenvalue weighted by Gasteiger charge is -2.09. The molecule has 0 aliphatic heterocycles. The summed E-state index contributed by atoms with van der Waals surface area (Å²) in [5.74, 6) is 0.657. The first-order chi connectivity index (χ1) is 10.1. The molecule has 2 aromatic heterocycles. The van der Waals surface area contributed by atoms with Gasteiger partial charge in [-0.15, -0.1) is 0 Å². The molecule has 0 aliphatic carbocycles. The van der Waals surface area contributed by atoms with Gasteiger partial charge < -0.3 is 10.5 Å². The van der Waals surface area contributed by atoms with Crippen molar-refractivity contribution in [2.75, 3.05) is 19.9 Å². The Bertz CT molecular complexity index is 800. The van der Waals surface area contributed by atoms with Crippen LogP contribution in [0.5, 0.6) is 5.75 Å². The van der Waals surface area contributed by atoms with Crippen LogP contribution in [0.1, 0.15) is 11.3 Å². The highest BCUT2D eigenvalue weighted by atomic mass is 32.1. The van der Waals surface area contributed by atoms with Gasteiger partial charge in [-0.1, -0.05) is 11.3 Å². The third-order valence-electron chi connectivity index (χ3n) is 3.22. The van der Waals surface area contributed by atoms with Crippen LogP contribution in [-0.2, 0) is 0 Å². The van der Waals surface area contributed by atoms with Gasteiger partial charge in [0.05, 0.1) is 23.4 Å². The number of hydrogen-bond acceptors (Lipinski definition) is 5. The molecule has 3 rings (SSSR count). The van der Waals surface area contributed by atoms with E-state index < -0.39 is 0 Å². The quantitative estimate of drug-likeness (QED) is 0.597. The molecule has 0 radical (unpaired) electrons. The van der Waals surface area contributed by atoms with E-state index in [9.17, 15) is 0 Å². The van der Waals surface area contributed by atoms with Crippen molar-refractivity contribution < 1.29 is 4.74 Å². The number of methoxy groups -OCH3 is 1. The van der Waals surface area contributed by atoms with Crippen LogP contribution in [0.3, 0.4) is 0 Å². The molecule has 3 aromatic rings. The zero-order valence-corrected chi connectivity index (χ0v) is 12.9. The molecule has 1 aromatic carbocycles. The lowest BCUT2D eigenvalue weighted by Crippen LogP contribution is -1.98. The summed E-state index contributed by atoms with van der Waals surface area (Å²) in [5.41, 5.74) is 9.59. The van der Waals surface area contributed by atoms with E-state index in [0.29, 0.717) is 11.4 Å². The van der Waals surface area contributed by atoms with Crippen LogP contribution in [0.2, 0.25) is 0 Å². The predicted molar refractivity (Wildman–Crippen MR) is 87.7 cm³/mol. The number of rotatable bonds is 3. The number of fused-ring (bicyclic) bond motifs is 1. The number of hydrogen-bond donors (Lipinski definition) is 1. The molecule has 0 saturated heterocycles. The van der Waals surface area contributed by atoms with E-state index in [4.69, 9.17) is 10.5 Å². The molecular formula is C15H16N4OS. The van der Waals surface area contributed by atoms with Gasteiger partial charge in [-0.25, -0.2) is 4.98 Å². The SMILES string of the molecule is CN=Cc1cc(-c2cn3cc(C)nc3s2)cc(OC)c1N. The van der Waals surface area contributed by atoms with Crippen molar-refractivity contribution in [1.29, 1.82) is 0 Å². The minimum Gasteiger partial charge on any atom is -0.495 e. The summed E-state index contributed by atoms with van der Waals surface area (Å²) in [6.07, 6.45) is 5.82. The zero-order valence-electron chi connectivity index (χ0n) is 12.1. The highest BCUT2D eigenvalue weighted by Gasteiger charge is 2.12. The number of nitrogen functional groups attached to an aromatic ring is 1. The first-order valence-electron chi connectivity index (χ1n) is 6.47. The van der Waals surface area contributed by atoms with Gasteiger partial charge in [0, 0.05) is 31.2 Å². The number of nitrogens with two attached hydrogens (primary N) is 1. The molecule has 6 heteroatoms. The second-order valence-corrected chi connectivity index (χ2v) is 5.75. The summed E-state index contributed by atoms with van der Waals surface area (Å²) in [6.45, 7) is 1.99. The maximum absolute atomic E-state index is 6.07. The summed E-state index contributed by atoms with van der Waals surface area (Å²) in [4.78, 5) is 10.6. The summed E-state index contributed by atoms with van der Waals surface area (Å²) in [7, 11) is 3.34. The molecule has 0 fully saturated rings. The second kappa shape index (κ2) is 5.21. The number of nitrogens with zero attached hydrogens (tertiary/aromatic N) is 3. The van der Waals surface area contributed by atoms with Crippen LogP contribution in [0.25, 0.3) is 15.4 Å². The normalized spacial score (nSPS) is 11.6. The first kappa shape index (κ1) is 13.6. The van der Waals surface area contributed by atoms with Gasteiger partial charge in [-0.3, -0.25) is 9.39 Å². The molecule has 0 bridgehead atoms. The zero-order chi connectivity index (χ0) is 15.0. The van der Waals surface area contributed by atoms with Crippen molar-refractivity contribution in [3.8, 4) is 16.2 Å². The standard InChI is InChI=1S/C15H16N4OS/c1-9-7-19-8-13(21-15(19)18-9)10-4-11(6-17-2)14(16)12(5-10)20-3/h4-8H,16H2,1-3H3. The summed E-state index contributed by atoms with van der Waals surface area (Å²) in [6, 6.07) is 3.96. The Hall–Kier alpha value is -2.34. The van der Waals surface area contributed by atoms with Crippen molar-refractivity contribution in [2.24, 2.45) is 4.99 Å². The van der Waals surface area contributed by atoms with Gasteiger partial charge in [0.15, 0.2) is 4.96 Å². The fraction of sp³-hybridized carbons (Fsp3) is 0.200. The minimum absolute atomic E-state index is 0.601. The molecule has 0 unspecified atom stereocenters. The average molecular weight is 300 g/mol. The van der Waals surface area contributed by atoms with Gasteiger partial charge in [0.25, 0.3) is 0 Å². The topological polar surface area (TPSA) is 64.9 Å². The third kappa shape index (κ3) is 2.38. The van der Waals surface area contributed by atoms with Crippen LogP contribution in [-0.4, -0.2) is 29.8 Å². The van der Waals surface area contributed by atoms with Crippen LogP contribution in [0.4, 0.5) is 5.69 Å². The third-order valence-corrected chi connectivity index (χ3v) is 4.27. The molecular weight excluding hydrogens is 284 g/mol. The van der Waals surface area contributed by atoms with Crippen LogP contribution in [0.15, 0.2) is 29.5 Å². The van der Waals surface area contributed by atoms with E-state index in [0.717, 1.165) is 26.7 Å². The lowest BCUT2D eigenvalue weighted by molar-refractivity contribution is 0.417. The molecule has 0 aliphatic rings. The van der Waals surface area contributed by atoms with Crippen molar-refractivity contribution >= 4 is 28.2 Å². The number of aryl methyl sites for hydroxylation is 1. The van der Waals surface area contributed by atoms with Gasteiger partial charge in [0.1, 0.15) is 5.75 Å². The van der Waals surface area contributed by atoms with E-state index >= 15 is 0 Å². The molecule has 0 spiro atoms. The number of aromatic nitrogens is 2. The fourth-order valence-corrected chi connectivity index (χ4v) is 3.25. The Labute approximate surface area is 126 Å². The van der Waals surface area contributed by atoms with Crippen LogP contribution >= 0.6 is 11.3 Å². The number of thiazole rings is 1. The molecule has 0 saturated carbocycles. The van der Waals surface area contributed by atoms with E-state index in [-0.39, 0.29) is 0 Å². The van der Waals surface area contributed by atoms with Crippen molar-refractivity contribution in [1.82, 2.24) is 9.38 Å². The van der Waals surface area contributed by atoms with Crippen molar-refractivity contribution in [3.05, 3.63) is 35.8 Å². The van der Waals surface area contributed by atoms with Gasteiger partial charge >= 0.3 is 0 Å². The highest BCUT2D eigenvalue weighted by molar-refractivity contribution is 7.20. The predicted octanol–water partition coefficient (Wildman–Crippen LogP) is 3.01. The molecule has 2 heterocycles. The summed E-state index contributed by atoms with van der Waals surface area (Å²) < 4.78 is 7.40. The fourth-order valence-electron chi connectivity index (χ4n) is 2.25. The Morgan fingerprint density at radius 2 is 2.19 bits per heavy atom. The Kier molecular flexibility index (Phi) is 3.39. The Morgan fingerprint density at radius 1 is 1.38 bits per heavy atom. The molecule has 0 atom stereocenters. The van der Waals surface area contributed by atoms with Crippen LogP contribution in [0, 0.1) is 6.92 Å². The number of anilines is 1. The summed E-state index contributed by atoms with van der Waals surface area (Å²) >= 11 is 1.63. The maximum Gasteiger partial charge on any atom is 0.194 e. The number of ether oxygens (including phenoxy) is 1. The molecule has 21 heavy (non-hydrogen) atoms. The monoisotopic (exact) mass is 300 g/mol. The van der Waals surface area contributed by atoms with E-state index in [1.54, 1.807) is 31.7 Å². The number of benzene rings is 1. The highest BCUT2D eigenvalue weighted by Crippen LogP contribution is 2.35. The largest absolute Gasteiger partial charge is 0.495 e. The molecule has 0 amide bonds. The number of aliphatic imine (C=N–C) groups is 1. The Balaban J connectivity index is 2.16. The van der Waals surface area contributed by atoms with Crippen LogP contribution < -0.4 is 10.5 Å². The second-order valence-electron chi connectivity index (χ2n) is 4.74. The van der Waals surface area contributed by atoms with Gasteiger partial charge in [0.2, 0.25) is 0 Å². The molecule has 5 nitrogen and oxygen atoms in total. The maximum atomic E-state index is 6.07. The number of imidazole rings is 1. The van der Waals surface area contributed by atoms with Gasteiger partial charge in [-0.2, -0.15) is 0 Å². The van der Waals surface area contributed by atoms with Gasteiger partial charge in [-0.05, 0) is 24.6 Å². The smallest absolute Gasteiger partial charge is 0.194 e. The molecule has 2 N–H and O–H groups in total. The first-order valence-corrected chi connectivity index (χ1v) is 7.29. The average Bonchev–Trinajstić information content (AvgIpc) is 2.98. The summed E-state index contributed by atoms with van der Waals surface area (Å²) in [5, 5.41) is 0.